The van der Waals surface area contributed by atoms with E-state index in [-0.39, 0.29) is 23.4 Å². The minimum absolute atomic E-state index is 0.229. The molecule has 8 heteroatoms. The van der Waals surface area contributed by atoms with Crippen LogP contribution in [0.3, 0.4) is 0 Å². The van der Waals surface area contributed by atoms with Gasteiger partial charge in [-0.3, -0.25) is 4.79 Å². The zero-order valence-corrected chi connectivity index (χ0v) is 12.3. The second-order valence-corrected chi connectivity index (χ2v) is 5.96. The topological polar surface area (TPSA) is 91.8 Å². The number of hydrogen-bond donors (Lipinski definition) is 0. The maximum Gasteiger partial charge on any atom is 0.347 e. The van der Waals surface area contributed by atoms with Gasteiger partial charge >= 0.3 is 17.9 Å². The fourth-order valence-electron chi connectivity index (χ4n) is 2.14. The first-order chi connectivity index (χ1) is 10.6. The third-order valence-electron chi connectivity index (χ3n) is 3.27. The molecule has 116 valence electrons. The predicted octanol–water partition coefficient (Wildman–Crippen LogP) is 0.962. The van der Waals surface area contributed by atoms with E-state index in [1.54, 1.807) is 12.1 Å². The van der Waals surface area contributed by atoms with Gasteiger partial charge in [-0.2, -0.15) is 0 Å². The molecule has 1 aromatic rings. The van der Waals surface area contributed by atoms with E-state index in [0.29, 0.717) is 24.5 Å². The Morgan fingerprint density at radius 2 is 2.00 bits per heavy atom. The van der Waals surface area contributed by atoms with Gasteiger partial charge in [-0.05, 0) is 12.1 Å². The molecule has 1 aromatic heterocycles. The molecule has 3 rings (SSSR count). The van der Waals surface area contributed by atoms with Crippen molar-refractivity contribution in [2.75, 3.05) is 13.2 Å². The van der Waals surface area contributed by atoms with Crippen molar-refractivity contribution in [3.63, 3.8) is 0 Å². The van der Waals surface area contributed by atoms with E-state index in [0.717, 1.165) is 0 Å². The monoisotopic (exact) mass is 323 g/mol. The van der Waals surface area contributed by atoms with Crippen molar-refractivity contribution in [3.8, 4) is 0 Å². The summed E-state index contributed by atoms with van der Waals surface area (Å²) in [4.78, 5) is 39.3. The van der Waals surface area contributed by atoms with E-state index in [4.69, 9.17) is 14.2 Å². The fourth-order valence-corrected chi connectivity index (χ4v) is 3.18. The normalized spacial score (nSPS) is 24.0. The lowest BCUT2D eigenvalue weighted by Crippen LogP contribution is -2.23. The second-order valence-electron chi connectivity index (χ2n) is 4.77. The van der Waals surface area contributed by atoms with Crippen LogP contribution in [0.25, 0.3) is 0 Å². The number of thioether (sulfide) groups is 1. The zero-order valence-electron chi connectivity index (χ0n) is 11.5. The smallest absolute Gasteiger partial charge is 0.347 e. The van der Waals surface area contributed by atoms with Gasteiger partial charge in [0, 0.05) is 19.0 Å². The molecule has 7 nitrogen and oxygen atoms in total. The van der Waals surface area contributed by atoms with Crippen LogP contribution < -0.4 is 0 Å². The number of rotatable bonds is 4. The number of aromatic nitrogens is 1. The third kappa shape index (κ3) is 3.06. The summed E-state index contributed by atoms with van der Waals surface area (Å²) in [7, 11) is 0. The van der Waals surface area contributed by atoms with Crippen molar-refractivity contribution in [3.05, 3.63) is 23.9 Å². The van der Waals surface area contributed by atoms with Gasteiger partial charge in [0.2, 0.25) is 6.10 Å². The van der Waals surface area contributed by atoms with E-state index in [9.17, 15) is 14.4 Å². The number of hydrogen-bond acceptors (Lipinski definition) is 8. The van der Waals surface area contributed by atoms with Crippen molar-refractivity contribution in [2.24, 2.45) is 0 Å². The first kappa shape index (κ1) is 14.8. The highest BCUT2D eigenvalue weighted by Gasteiger charge is 2.33. The van der Waals surface area contributed by atoms with E-state index < -0.39 is 18.0 Å². The molecule has 0 spiro atoms. The Balaban J connectivity index is 1.74. The molecule has 0 aromatic carbocycles. The molecule has 2 fully saturated rings. The number of ether oxygens (including phenoxy) is 3. The zero-order chi connectivity index (χ0) is 15.5. The average molecular weight is 323 g/mol. The van der Waals surface area contributed by atoms with Crippen LogP contribution in [0, 0.1) is 0 Å². The highest BCUT2D eigenvalue weighted by Crippen LogP contribution is 2.31. The van der Waals surface area contributed by atoms with E-state index in [2.05, 4.69) is 4.98 Å². The Labute approximate surface area is 130 Å². The molecule has 0 bridgehead atoms. The summed E-state index contributed by atoms with van der Waals surface area (Å²) < 4.78 is 14.8. The summed E-state index contributed by atoms with van der Waals surface area (Å²) in [6, 6.07) is 3.15. The SMILES string of the molecule is O=C(OC1CCOC1=O)c1cccnc1SC1CCOC1=O. The molecule has 3 heterocycles. The molecule has 2 saturated heterocycles. The predicted molar refractivity (Wildman–Crippen MR) is 74.2 cm³/mol. The Morgan fingerprint density at radius 1 is 1.23 bits per heavy atom. The Morgan fingerprint density at radius 3 is 2.68 bits per heavy atom. The van der Waals surface area contributed by atoms with E-state index in [1.807, 2.05) is 0 Å². The van der Waals surface area contributed by atoms with Crippen LogP contribution in [0.5, 0.6) is 0 Å². The van der Waals surface area contributed by atoms with Crippen molar-refractivity contribution in [2.45, 2.75) is 29.2 Å². The van der Waals surface area contributed by atoms with E-state index >= 15 is 0 Å². The van der Waals surface area contributed by atoms with Crippen LogP contribution in [0.15, 0.2) is 23.4 Å². The summed E-state index contributed by atoms with van der Waals surface area (Å²) >= 11 is 1.17. The van der Waals surface area contributed by atoms with Crippen LogP contribution in [0.2, 0.25) is 0 Å². The lowest BCUT2D eigenvalue weighted by Gasteiger charge is -2.11. The van der Waals surface area contributed by atoms with Crippen LogP contribution in [0.1, 0.15) is 23.2 Å². The minimum Gasteiger partial charge on any atom is -0.465 e. The Bertz CT molecular complexity index is 619. The number of cyclic esters (lactones) is 2. The standard InChI is InChI=1S/C14H13NO6S/c16-12(21-9-3-6-19-13(9)17)8-2-1-5-15-11(8)22-10-4-7-20-14(10)18/h1-2,5,9-10H,3-4,6-7H2. The largest absolute Gasteiger partial charge is 0.465 e. The van der Waals surface area contributed by atoms with Crippen molar-refractivity contribution in [1.29, 1.82) is 0 Å². The maximum atomic E-state index is 12.2. The Kier molecular flexibility index (Phi) is 4.28. The highest BCUT2D eigenvalue weighted by molar-refractivity contribution is 8.00. The molecule has 0 saturated carbocycles. The lowest BCUT2D eigenvalue weighted by atomic mass is 10.2. The maximum absolute atomic E-state index is 12.2. The highest BCUT2D eigenvalue weighted by atomic mass is 32.2. The summed E-state index contributed by atoms with van der Waals surface area (Å²) in [5, 5.41) is 0.0145. The van der Waals surface area contributed by atoms with Crippen LogP contribution in [-0.2, 0) is 23.8 Å². The van der Waals surface area contributed by atoms with Crippen LogP contribution in [-0.4, -0.2) is 47.5 Å². The molecule has 2 unspecified atom stereocenters. The number of carbonyl (C=O) groups is 3. The van der Waals surface area contributed by atoms with Crippen molar-refractivity contribution < 1.29 is 28.6 Å². The number of pyridine rings is 1. The third-order valence-corrected chi connectivity index (χ3v) is 4.53. The summed E-state index contributed by atoms with van der Waals surface area (Å²) in [6.45, 7) is 0.621. The molecule has 0 N–H and O–H groups in total. The molecule has 0 radical (unpaired) electrons. The molecule has 2 aliphatic rings. The number of nitrogens with zero attached hydrogens (tertiary/aromatic N) is 1. The van der Waals surface area contributed by atoms with Gasteiger partial charge in [0.1, 0.15) is 10.3 Å². The number of esters is 3. The first-order valence-corrected chi connectivity index (χ1v) is 7.69. The fraction of sp³-hybridized carbons (Fsp3) is 0.429. The van der Waals surface area contributed by atoms with Crippen molar-refractivity contribution in [1.82, 2.24) is 4.98 Å². The summed E-state index contributed by atoms with van der Waals surface area (Å²) in [6.07, 6.45) is 1.58. The van der Waals surface area contributed by atoms with Gasteiger partial charge in [-0.15, -0.1) is 0 Å². The molecule has 2 aliphatic heterocycles. The van der Waals surface area contributed by atoms with Crippen LogP contribution >= 0.6 is 11.8 Å². The summed E-state index contributed by atoms with van der Waals surface area (Å²) in [5.41, 5.74) is 0.229. The van der Waals surface area contributed by atoms with Gasteiger partial charge in [-0.1, -0.05) is 11.8 Å². The van der Waals surface area contributed by atoms with Gasteiger partial charge in [0.25, 0.3) is 0 Å². The van der Waals surface area contributed by atoms with E-state index in [1.165, 1.54) is 18.0 Å². The lowest BCUT2D eigenvalue weighted by molar-refractivity contribution is -0.145. The van der Waals surface area contributed by atoms with Crippen LogP contribution in [0.4, 0.5) is 0 Å². The molecular formula is C14H13NO6S. The van der Waals surface area contributed by atoms with Gasteiger partial charge in [-0.25, -0.2) is 14.6 Å². The average Bonchev–Trinajstić information content (AvgIpc) is 3.09. The van der Waals surface area contributed by atoms with Gasteiger partial charge in [0.05, 0.1) is 18.8 Å². The second kappa shape index (κ2) is 6.35. The molecule has 0 amide bonds. The van der Waals surface area contributed by atoms with Crippen molar-refractivity contribution >= 4 is 29.7 Å². The Hall–Kier alpha value is -2.09. The summed E-state index contributed by atoms with van der Waals surface area (Å²) in [5.74, 6) is -1.49. The quantitative estimate of drug-likeness (QED) is 0.598. The van der Waals surface area contributed by atoms with Gasteiger partial charge < -0.3 is 14.2 Å². The minimum atomic E-state index is -0.873. The molecule has 2 atom stereocenters. The number of carbonyl (C=O) groups excluding carboxylic acids is 3. The molecule has 0 aliphatic carbocycles. The molecule has 22 heavy (non-hydrogen) atoms. The first-order valence-electron chi connectivity index (χ1n) is 6.81. The van der Waals surface area contributed by atoms with Gasteiger partial charge in [0.15, 0.2) is 0 Å². The molecular weight excluding hydrogens is 310 g/mol.